The summed E-state index contributed by atoms with van der Waals surface area (Å²) in [6, 6.07) is 3.04. The molecule has 1 aromatic rings. The Balaban J connectivity index is 1.65. The highest BCUT2D eigenvalue weighted by Crippen LogP contribution is 2.37. The van der Waals surface area contributed by atoms with Crippen molar-refractivity contribution >= 4 is 5.91 Å². The van der Waals surface area contributed by atoms with Gasteiger partial charge in [-0.25, -0.2) is 0 Å². The summed E-state index contributed by atoms with van der Waals surface area (Å²) in [5.74, 6) is -1.30. The van der Waals surface area contributed by atoms with E-state index in [1.165, 1.54) is 6.26 Å². The molecule has 0 unspecified atom stereocenters. The zero-order chi connectivity index (χ0) is 15.3. The van der Waals surface area contributed by atoms with Crippen LogP contribution in [0, 0.1) is 5.92 Å². The number of amides is 1. The fourth-order valence-corrected chi connectivity index (χ4v) is 2.62. The Morgan fingerprint density at radius 2 is 2.14 bits per heavy atom. The molecule has 1 aliphatic rings. The molecule has 21 heavy (non-hydrogen) atoms. The van der Waals surface area contributed by atoms with Crippen LogP contribution in [0.1, 0.15) is 36.2 Å². The number of carbonyl (C=O) groups is 1. The van der Waals surface area contributed by atoms with Crippen LogP contribution in [0.3, 0.4) is 0 Å². The van der Waals surface area contributed by atoms with Gasteiger partial charge in [-0.1, -0.05) is 6.42 Å². The standard InChI is InChI=1S/C14H19F3N2O2/c15-14(16,17)10-3-1-4-11(9-10)18-6-7-19-13(20)12-5-2-8-21-12/h2,5,8,10-11,18H,1,3-4,6-7,9H2,(H,19,20)/t10-,11+/m0/s1. The average molecular weight is 304 g/mol. The summed E-state index contributed by atoms with van der Waals surface area (Å²) in [5.41, 5.74) is 0. The first-order valence-electron chi connectivity index (χ1n) is 7.08. The highest BCUT2D eigenvalue weighted by molar-refractivity contribution is 5.91. The topological polar surface area (TPSA) is 54.3 Å². The Morgan fingerprint density at radius 3 is 2.81 bits per heavy atom. The maximum atomic E-state index is 12.7. The quantitative estimate of drug-likeness (QED) is 0.822. The lowest BCUT2D eigenvalue weighted by atomic mass is 9.85. The van der Waals surface area contributed by atoms with Crippen LogP contribution in [0.5, 0.6) is 0 Å². The number of halogens is 3. The van der Waals surface area contributed by atoms with Crippen molar-refractivity contribution in [1.82, 2.24) is 10.6 Å². The van der Waals surface area contributed by atoms with Gasteiger partial charge in [-0.05, 0) is 31.4 Å². The summed E-state index contributed by atoms with van der Waals surface area (Å²) in [6.07, 6.45) is -1.02. The zero-order valence-electron chi connectivity index (χ0n) is 11.6. The summed E-state index contributed by atoms with van der Waals surface area (Å²) < 4.78 is 42.9. The minimum Gasteiger partial charge on any atom is -0.459 e. The second-order valence-electron chi connectivity index (χ2n) is 5.29. The maximum Gasteiger partial charge on any atom is 0.391 e. The van der Waals surface area contributed by atoms with Crippen LogP contribution in [0.25, 0.3) is 0 Å². The average Bonchev–Trinajstić information content (AvgIpc) is 2.97. The van der Waals surface area contributed by atoms with Crippen LogP contribution in [0.15, 0.2) is 22.8 Å². The monoisotopic (exact) mass is 304 g/mol. The SMILES string of the molecule is O=C(NCCN[C@@H]1CCC[C@H](C(F)(F)F)C1)c1ccco1. The van der Waals surface area contributed by atoms with E-state index < -0.39 is 12.1 Å². The highest BCUT2D eigenvalue weighted by atomic mass is 19.4. The van der Waals surface area contributed by atoms with Crippen molar-refractivity contribution in [3.05, 3.63) is 24.2 Å². The van der Waals surface area contributed by atoms with Gasteiger partial charge in [0.15, 0.2) is 5.76 Å². The van der Waals surface area contributed by atoms with Crippen molar-refractivity contribution in [3.63, 3.8) is 0 Å². The molecule has 118 valence electrons. The molecule has 2 N–H and O–H groups in total. The van der Waals surface area contributed by atoms with Gasteiger partial charge in [0.1, 0.15) is 0 Å². The first-order chi connectivity index (χ1) is 9.97. The first kappa shape index (κ1) is 15.9. The third-order valence-electron chi connectivity index (χ3n) is 3.73. The number of hydrogen-bond acceptors (Lipinski definition) is 3. The minimum atomic E-state index is -4.10. The van der Waals surface area contributed by atoms with Gasteiger partial charge in [0.05, 0.1) is 12.2 Å². The van der Waals surface area contributed by atoms with E-state index in [4.69, 9.17) is 4.42 Å². The molecule has 4 nitrogen and oxygen atoms in total. The molecule has 2 atom stereocenters. The summed E-state index contributed by atoms with van der Waals surface area (Å²) in [4.78, 5) is 11.6. The summed E-state index contributed by atoms with van der Waals surface area (Å²) in [7, 11) is 0. The number of furan rings is 1. The van der Waals surface area contributed by atoms with Gasteiger partial charge in [0, 0.05) is 19.1 Å². The predicted octanol–water partition coefficient (Wildman–Crippen LogP) is 2.72. The molecule has 1 saturated carbocycles. The minimum absolute atomic E-state index is 0.121. The second-order valence-corrected chi connectivity index (χ2v) is 5.29. The van der Waals surface area contributed by atoms with Gasteiger partial charge in [-0.15, -0.1) is 0 Å². The smallest absolute Gasteiger partial charge is 0.391 e. The molecule has 1 aliphatic carbocycles. The Bertz CT molecular complexity index is 446. The molecule has 2 rings (SSSR count). The van der Waals surface area contributed by atoms with Crippen LogP contribution in [-0.2, 0) is 0 Å². The molecule has 0 bridgehead atoms. The van der Waals surface area contributed by atoms with Crippen LogP contribution < -0.4 is 10.6 Å². The van der Waals surface area contributed by atoms with E-state index in [1.54, 1.807) is 12.1 Å². The van der Waals surface area contributed by atoms with Crippen LogP contribution in [0.2, 0.25) is 0 Å². The molecule has 0 aliphatic heterocycles. The summed E-state index contributed by atoms with van der Waals surface area (Å²) >= 11 is 0. The molecule has 7 heteroatoms. The van der Waals surface area contributed by atoms with E-state index in [9.17, 15) is 18.0 Å². The Labute approximate surface area is 121 Å². The van der Waals surface area contributed by atoms with E-state index in [0.29, 0.717) is 19.5 Å². The Kier molecular flexibility index (Phi) is 5.27. The molecule has 1 heterocycles. The van der Waals surface area contributed by atoms with Crippen molar-refractivity contribution < 1.29 is 22.4 Å². The van der Waals surface area contributed by atoms with E-state index >= 15 is 0 Å². The fourth-order valence-electron chi connectivity index (χ4n) is 2.62. The van der Waals surface area contributed by atoms with Crippen LogP contribution >= 0.6 is 0 Å². The molecule has 0 saturated heterocycles. The van der Waals surface area contributed by atoms with Gasteiger partial charge in [0.2, 0.25) is 0 Å². The van der Waals surface area contributed by atoms with Gasteiger partial charge < -0.3 is 15.1 Å². The lowest BCUT2D eigenvalue weighted by Crippen LogP contribution is -2.41. The molecule has 0 radical (unpaired) electrons. The van der Waals surface area contributed by atoms with Crippen molar-refractivity contribution in [2.75, 3.05) is 13.1 Å². The van der Waals surface area contributed by atoms with E-state index in [2.05, 4.69) is 10.6 Å². The van der Waals surface area contributed by atoms with E-state index in [-0.39, 0.29) is 30.6 Å². The molecule has 0 spiro atoms. The second kappa shape index (κ2) is 6.98. The van der Waals surface area contributed by atoms with Gasteiger partial charge >= 0.3 is 6.18 Å². The third kappa shape index (κ3) is 4.77. The number of rotatable bonds is 5. The van der Waals surface area contributed by atoms with Crippen molar-refractivity contribution in [3.8, 4) is 0 Å². The Hall–Kier alpha value is -1.50. The molecular formula is C14H19F3N2O2. The number of alkyl halides is 3. The normalized spacial score (nSPS) is 23.0. The largest absolute Gasteiger partial charge is 0.459 e. The van der Waals surface area contributed by atoms with E-state index in [1.807, 2.05) is 0 Å². The van der Waals surface area contributed by atoms with Gasteiger partial charge in [0.25, 0.3) is 5.91 Å². The van der Waals surface area contributed by atoms with Gasteiger partial charge in [-0.2, -0.15) is 13.2 Å². The first-order valence-corrected chi connectivity index (χ1v) is 7.08. The predicted molar refractivity (Wildman–Crippen MR) is 70.8 cm³/mol. The van der Waals surface area contributed by atoms with Crippen molar-refractivity contribution in [2.24, 2.45) is 5.92 Å². The third-order valence-corrected chi connectivity index (χ3v) is 3.73. The van der Waals surface area contributed by atoms with E-state index in [0.717, 1.165) is 6.42 Å². The molecule has 1 fully saturated rings. The highest BCUT2D eigenvalue weighted by Gasteiger charge is 2.41. The molecular weight excluding hydrogens is 285 g/mol. The molecule has 1 amide bonds. The maximum absolute atomic E-state index is 12.7. The number of nitrogens with one attached hydrogen (secondary N) is 2. The molecule has 1 aromatic heterocycles. The lowest BCUT2D eigenvalue weighted by molar-refractivity contribution is -0.183. The number of carbonyl (C=O) groups excluding carboxylic acids is 1. The van der Waals surface area contributed by atoms with Crippen molar-refractivity contribution in [2.45, 2.75) is 37.9 Å². The van der Waals surface area contributed by atoms with Crippen LogP contribution in [-0.4, -0.2) is 31.2 Å². The summed E-state index contributed by atoms with van der Waals surface area (Å²) in [6.45, 7) is 0.800. The Morgan fingerprint density at radius 1 is 1.33 bits per heavy atom. The van der Waals surface area contributed by atoms with Gasteiger partial charge in [-0.3, -0.25) is 4.79 Å². The molecule has 0 aromatic carbocycles. The van der Waals surface area contributed by atoms with Crippen LogP contribution in [0.4, 0.5) is 13.2 Å². The zero-order valence-corrected chi connectivity index (χ0v) is 11.6. The van der Waals surface area contributed by atoms with Crippen molar-refractivity contribution in [1.29, 1.82) is 0 Å². The fraction of sp³-hybridized carbons (Fsp3) is 0.643. The lowest BCUT2D eigenvalue weighted by Gasteiger charge is -2.31. The summed E-state index contributed by atoms with van der Waals surface area (Å²) in [5, 5.41) is 5.73. The number of hydrogen-bond donors (Lipinski definition) is 2.